The molecule has 0 saturated heterocycles. The van der Waals surface area contributed by atoms with Crippen molar-refractivity contribution in [2.45, 2.75) is 17.3 Å². The van der Waals surface area contributed by atoms with E-state index >= 15 is 0 Å². The van der Waals surface area contributed by atoms with Gasteiger partial charge in [-0.3, -0.25) is 9.59 Å². The number of aliphatic carboxylic acids is 1. The van der Waals surface area contributed by atoms with E-state index in [9.17, 15) is 23.5 Å². The highest BCUT2D eigenvalue weighted by molar-refractivity contribution is 14.1. The van der Waals surface area contributed by atoms with Crippen molar-refractivity contribution < 1.29 is 18.7 Å². The Morgan fingerprint density at radius 3 is 2.69 bits per heavy atom. The summed E-state index contributed by atoms with van der Waals surface area (Å²) in [4.78, 5) is 23.7. The third-order valence-corrected chi connectivity index (χ3v) is 5.50. The number of pyridine rings is 1. The van der Waals surface area contributed by atoms with Gasteiger partial charge in [0.1, 0.15) is 6.54 Å². The molecule has 134 valence electrons. The van der Waals surface area contributed by atoms with Crippen molar-refractivity contribution in [3.8, 4) is 0 Å². The third kappa shape index (κ3) is 3.90. The van der Waals surface area contributed by atoms with E-state index in [1.54, 1.807) is 18.2 Å². The standard InChI is InChI=1S/C18H12F2INO3S/c19-13-3-1-2-10(18(13)20)9-26-16-7-15(23)12-5-4-11(21)6-14(12)22(16)8-17(24)25/h1-7H,8-9H2,(H,24,25). The average molecular weight is 487 g/mol. The second-order valence-corrected chi connectivity index (χ2v) is 7.73. The molecule has 0 fully saturated rings. The molecule has 0 saturated carbocycles. The van der Waals surface area contributed by atoms with Gasteiger partial charge in [0.2, 0.25) is 0 Å². The maximum absolute atomic E-state index is 13.8. The summed E-state index contributed by atoms with van der Waals surface area (Å²) in [5.41, 5.74) is 0.390. The van der Waals surface area contributed by atoms with Crippen LogP contribution in [0.3, 0.4) is 0 Å². The van der Waals surface area contributed by atoms with Crippen LogP contribution in [0.5, 0.6) is 0 Å². The summed E-state index contributed by atoms with van der Waals surface area (Å²) < 4.78 is 29.6. The Hall–Kier alpha value is -1.94. The Bertz CT molecular complexity index is 1070. The molecule has 1 aromatic heterocycles. The molecule has 0 atom stereocenters. The average Bonchev–Trinajstić information content (AvgIpc) is 2.58. The fraction of sp³-hybridized carbons (Fsp3) is 0.111. The fourth-order valence-corrected chi connectivity index (χ4v) is 4.06. The Morgan fingerprint density at radius 2 is 1.96 bits per heavy atom. The van der Waals surface area contributed by atoms with Crippen LogP contribution in [0, 0.1) is 15.2 Å². The van der Waals surface area contributed by atoms with Crippen molar-refractivity contribution in [1.82, 2.24) is 4.57 Å². The number of halogens is 3. The summed E-state index contributed by atoms with van der Waals surface area (Å²) in [6.45, 7) is -0.342. The van der Waals surface area contributed by atoms with Gasteiger partial charge in [0.25, 0.3) is 0 Å². The smallest absolute Gasteiger partial charge is 0.323 e. The summed E-state index contributed by atoms with van der Waals surface area (Å²) in [5, 5.41) is 10.0. The second kappa shape index (κ2) is 7.75. The number of hydrogen-bond acceptors (Lipinski definition) is 3. The van der Waals surface area contributed by atoms with Crippen molar-refractivity contribution >= 4 is 51.2 Å². The molecule has 3 rings (SSSR count). The minimum absolute atomic E-state index is 0.0675. The maximum Gasteiger partial charge on any atom is 0.323 e. The Kier molecular flexibility index (Phi) is 5.61. The molecular formula is C18H12F2INO3S. The van der Waals surface area contributed by atoms with Crippen LogP contribution in [0.15, 0.2) is 52.3 Å². The lowest BCUT2D eigenvalue weighted by Gasteiger charge is -2.15. The first-order valence-corrected chi connectivity index (χ1v) is 9.54. The molecule has 8 heteroatoms. The van der Waals surface area contributed by atoms with Crippen LogP contribution in [0.4, 0.5) is 8.78 Å². The first kappa shape index (κ1) is 18.8. The van der Waals surface area contributed by atoms with Gasteiger partial charge in [0.05, 0.1) is 10.5 Å². The summed E-state index contributed by atoms with van der Waals surface area (Å²) in [5.74, 6) is -2.88. The number of thioether (sulfide) groups is 1. The van der Waals surface area contributed by atoms with E-state index in [0.29, 0.717) is 15.9 Å². The van der Waals surface area contributed by atoms with E-state index in [1.165, 1.54) is 22.8 Å². The van der Waals surface area contributed by atoms with Gasteiger partial charge in [-0.1, -0.05) is 12.1 Å². The molecule has 0 unspecified atom stereocenters. The van der Waals surface area contributed by atoms with Crippen LogP contribution in [-0.2, 0) is 17.1 Å². The van der Waals surface area contributed by atoms with Gasteiger partial charge in [0, 0.05) is 26.3 Å². The summed E-state index contributed by atoms with van der Waals surface area (Å²) in [6.07, 6.45) is 0. The summed E-state index contributed by atoms with van der Waals surface area (Å²) >= 11 is 3.17. The van der Waals surface area contributed by atoms with Crippen molar-refractivity contribution in [1.29, 1.82) is 0 Å². The summed E-state index contributed by atoms with van der Waals surface area (Å²) in [7, 11) is 0. The molecular weight excluding hydrogens is 475 g/mol. The van der Waals surface area contributed by atoms with E-state index in [-0.39, 0.29) is 23.3 Å². The number of benzene rings is 2. The van der Waals surface area contributed by atoms with E-state index in [1.807, 2.05) is 0 Å². The Balaban J connectivity index is 2.08. The lowest BCUT2D eigenvalue weighted by molar-refractivity contribution is -0.137. The largest absolute Gasteiger partial charge is 0.480 e. The number of aromatic nitrogens is 1. The molecule has 0 radical (unpaired) electrons. The van der Waals surface area contributed by atoms with Gasteiger partial charge in [0.15, 0.2) is 17.1 Å². The summed E-state index contributed by atoms with van der Waals surface area (Å²) in [6, 6.07) is 10.4. The van der Waals surface area contributed by atoms with Crippen LogP contribution in [0.2, 0.25) is 0 Å². The Labute approximate surface area is 165 Å². The Morgan fingerprint density at radius 1 is 1.19 bits per heavy atom. The predicted molar refractivity (Wildman–Crippen MR) is 104 cm³/mol. The van der Waals surface area contributed by atoms with E-state index in [0.717, 1.165) is 21.4 Å². The number of hydrogen-bond donors (Lipinski definition) is 1. The maximum atomic E-state index is 13.8. The number of carboxylic acid groups (broad SMARTS) is 1. The van der Waals surface area contributed by atoms with Gasteiger partial charge in [-0.2, -0.15) is 0 Å². The van der Waals surface area contributed by atoms with Gasteiger partial charge < -0.3 is 9.67 Å². The minimum atomic E-state index is -1.06. The zero-order chi connectivity index (χ0) is 18.8. The molecule has 0 aliphatic rings. The van der Waals surface area contributed by atoms with Crippen molar-refractivity contribution in [3.05, 3.63) is 73.5 Å². The number of carboxylic acids is 1. The van der Waals surface area contributed by atoms with Gasteiger partial charge in [-0.25, -0.2) is 8.78 Å². The fourth-order valence-electron chi connectivity index (χ4n) is 2.55. The highest BCUT2D eigenvalue weighted by Gasteiger charge is 2.14. The van der Waals surface area contributed by atoms with E-state index in [2.05, 4.69) is 22.6 Å². The molecule has 3 aromatic rings. The van der Waals surface area contributed by atoms with Crippen LogP contribution < -0.4 is 5.43 Å². The quantitative estimate of drug-likeness (QED) is 0.432. The normalized spacial score (nSPS) is 11.0. The SMILES string of the molecule is O=C(O)Cn1c(SCc2cccc(F)c2F)cc(=O)c2ccc(I)cc21. The molecule has 0 spiro atoms. The molecule has 1 heterocycles. The topological polar surface area (TPSA) is 59.3 Å². The lowest BCUT2D eigenvalue weighted by atomic mass is 10.2. The molecule has 2 aromatic carbocycles. The first-order chi connectivity index (χ1) is 12.4. The highest BCUT2D eigenvalue weighted by Crippen LogP contribution is 2.27. The minimum Gasteiger partial charge on any atom is -0.480 e. The lowest BCUT2D eigenvalue weighted by Crippen LogP contribution is -2.16. The molecule has 0 aliphatic heterocycles. The molecule has 0 aliphatic carbocycles. The van der Waals surface area contributed by atoms with Crippen LogP contribution in [0.25, 0.3) is 10.9 Å². The number of fused-ring (bicyclic) bond motifs is 1. The predicted octanol–water partition coefficient (Wildman–Crippen LogP) is 4.26. The van der Waals surface area contributed by atoms with E-state index in [4.69, 9.17) is 0 Å². The zero-order valence-corrected chi connectivity index (χ0v) is 16.2. The molecule has 0 bridgehead atoms. The molecule has 0 amide bonds. The molecule has 26 heavy (non-hydrogen) atoms. The van der Waals surface area contributed by atoms with Crippen LogP contribution in [-0.4, -0.2) is 15.6 Å². The number of nitrogens with zero attached hydrogens (tertiary/aromatic N) is 1. The second-order valence-electron chi connectivity index (χ2n) is 5.49. The first-order valence-electron chi connectivity index (χ1n) is 7.47. The highest BCUT2D eigenvalue weighted by atomic mass is 127. The molecule has 1 N–H and O–H groups in total. The van der Waals surface area contributed by atoms with Gasteiger partial charge in [-0.05, 0) is 46.9 Å². The van der Waals surface area contributed by atoms with Crippen LogP contribution >= 0.6 is 34.4 Å². The van der Waals surface area contributed by atoms with Gasteiger partial charge >= 0.3 is 5.97 Å². The third-order valence-electron chi connectivity index (χ3n) is 3.74. The number of carbonyl (C=O) groups is 1. The zero-order valence-electron chi connectivity index (χ0n) is 13.2. The van der Waals surface area contributed by atoms with E-state index < -0.39 is 17.6 Å². The van der Waals surface area contributed by atoms with Gasteiger partial charge in [-0.15, -0.1) is 11.8 Å². The van der Waals surface area contributed by atoms with Crippen molar-refractivity contribution in [3.63, 3.8) is 0 Å². The van der Waals surface area contributed by atoms with Crippen LogP contribution in [0.1, 0.15) is 5.56 Å². The van der Waals surface area contributed by atoms with Crippen molar-refractivity contribution in [2.24, 2.45) is 0 Å². The number of rotatable bonds is 5. The monoisotopic (exact) mass is 487 g/mol. The van der Waals surface area contributed by atoms with Crippen molar-refractivity contribution in [2.75, 3.05) is 0 Å². The molecule has 4 nitrogen and oxygen atoms in total.